The van der Waals surface area contributed by atoms with Crippen molar-refractivity contribution in [3.8, 4) is 0 Å². The van der Waals surface area contributed by atoms with Gasteiger partial charge in [-0.3, -0.25) is 4.90 Å². The van der Waals surface area contributed by atoms with Crippen LogP contribution < -0.4 is 0 Å². The Bertz CT molecular complexity index is 346. The smallest absolute Gasteiger partial charge is 0.123 e. The van der Waals surface area contributed by atoms with Gasteiger partial charge in [-0.25, -0.2) is 0 Å². The Morgan fingerprint density at radius 2 is 1.80 bits per heavy atom. The molecule has 0 aromatic heterocycles. The van der Waals surface area contributed by atoms with Crippen LogP contribution in [0.15, 0.2) is 36.4 Å². The second-order valence-corrected chi connectivity index (χ2v) is 3.81. The van der Waals surface area contributed by atoms with Gasteiger partial charge in [-0.1, -0.05) is 36.4 Å². The minimum atomic E-state index is 0.529. The van der Waals surface area contributed by atoms with Gasteiger partial charge in [0.2, 0.25) is 0 Å². The lowest BCUT2D eigenvalue weighted by Crippen LogP contribution is -2.15. The van der Waals surface area contributed by atoms with E-state index in [-0.39, 0.29) is 0 Å². The van der Waals surface area contributed by atoms with Crippen LogP contribution in [0.3, 0.4) is 0 Å². The number of hydrogen-bond acceptors (Lipinski definition) is 2. The maximum Gasteiger partial charge on any atom is 0.123 e. The molecular weight excluding hydrogens is 186 g/mol. The van der Waals surface area contributed by atoms with Gasteiger partial charge in [-0.05, 0) is 11.1 Å². The van der Waals surface area contributed by atoms with Gasteiger partial charge in [-0.2, -0.15) is 0 Å². The van der Waals surface area contributed by atoms with Crippen molar-refractivity contribution in [3.05, 3.63) is 47.5 Å². The van der Waals surface area contributed by atoms with Crippen molar-refractivity contribution in [2.75, 3.05) is 6.54 Å². The van der Waals surface area contributed by atoms with Crippen molar-refractivity contribution >= 4 is 6.29 Å². The lowest BCUT2D eigenvalue weighted by atomic mass is 10.1. The molecule has 1 heterocycles. The molecule has 2 rings (SSSR count). The van der Waals surface area contributed by atoms with Crippen molar-refractivity contribution in [2.45, 2.75) is 19.5 Å². The van der Waals surface area contributed by atoms with Crippen LogP contribution >= 0.6 is 0 Å². The average Bonchev–Trinajstić information content (AvgIpc) is 2.67. The number of carbonyl (C=O) groups excluding carboxylic acids is 1. The van der Waals surface area contributed by atoms with Crippen molar-refractivity contribution in [1.82, 2.24) is 4.90 Å². The van der Waals surface area contributed by atoms with Crippen LogP contribution in [-0.2, 0) is 17.9 Å². The van der Waals surface area contributed by atoms with Crippen LogP contribution in [0.2, 0.25) is 0 Å². The van der Waals surface area contributed by atoms with Crippen LogP contribution in [-0.4, -0.2) is 17.7 Å². The van der Waals surface area contributed by atoms with Gasteiger partial charge in [0, 0.05) is 26.1 Å². The SMILES string of the molecule is O=CC/C=C/CN1Cc2ccccc2C1. The minimum absolute atomic E-state index is 0.529. The van der Waals surface area contributed by atoms with E-state index in [0.717, 1.165) is 25.9 Å². The molecule has 1 aromatic carbocycles. The first kappa shape index (κ1) is 10.1. The molecule has 0 amide bonds. The second kappa shape index (κ2) is 4.89. The third-order valence-corrected chi connectivity index (χ3v) is 2.67. The maximum atomic E-state index is 10.1. The normalized spacial score (nSPS) is 15.7. The number of fused-ring (bicyclic) bond motifs is 1. The number of carbonyl (C=O) groups is 1. The highest BCUT2D eigenvalue weighted by atomic mass is 16.1. The van der Waals surface area contributed by atoms with Crippen LogP contribution in [0.1, 0.15) is 17.5 Å². The third kappa shape index (κ3) is 2.54. The predicted octanol–water partition coefficient (Wildman–Crippen LogP) is 2.15. The van der Waals surface area contributed by atoms with Gasteiger partial charge in [0.1, 0.15) is 6.29 Å². The molecule has 2 nitrogen and oxygen atoms in total. The molecule has 0 unspecified atom stereocenters. The Morgan fingerprint density at radius 3 is 2.40 bits per heavy atom. The standard InChI is InChI=1S/C13H15NO/c15-9-5-1-4-8-14-10-12-6-2-3-7-13(12)11-14/h1-4,6-7,9H,5,8,10-11H2/b4-1+. The summed E-state index contributed by atoms with van der Waals surface area (Å²) in [7, 11) is 0. The Balaban J connectivity index is 1.88. The van der Waals surface area contributed by atoms with Crippen molar-refractivity contribution in [1.29, 1.82) is 0 Å². The van der Waals surface area contributed by atoms with Gasteiger partial charge in [-0.15, -0.1) is 0 Å². The first-order valence-corrected chi connectivity index (χ1v) is 5.28. The Kier molecular flexibility index (Phi) is 3.30. The quantitative estimate of drug-likeness (QED) is 0.549. The van der Waals surface area contributed by atoms with Crippen LogP contribution in [0, 0.1) is 0 Å². The highest BCUT2D eigenvalue weighted by molar-refractivity contribution is 5.51. The predicted molar refractivity (Wildman–Crippen MR) is 60.4 cm³/mol. The molecule has 1 aliphatic heterocycles. The lowest BCUT2D eigenvalue weighted by molar-refractivity contribution is -0.107. The van der Waals surface area contributed by atoms with E-state index < -0.39 is 0 Å². The molecule has 1 aromatic rings. The fourth-order valence-electron chi connectivity index (χ4n) is 1.91. The number of nitrogens with zero attached hydrogens (tertiary/aromatic N) is 1. The molecule has 2 heteroatoms. The molecule has 0 radical (unpaired) electrons. The third-order valence-electron chi connectivity index (χ3n) is 2.67. The van der Waals surface area contributed by atoms with Gasteiger partial charge >= 0.3 is 0 Å². The molecule has 0 N–H and O–H groups in total. The first-order valence-electron chi connectivity index (χ1n) is 5.28. The molecule has 0 bridgehead atoms. The Hall–Kier alpha value is -1.41. The van der Waals surface area contributed by atoms with Gasteiger partial charge in [0.05, 0.1) is 0 Å². The summed E-state index contributed by atoms with van der Waals surface area (Å²) in [5, 5.41) is 0. The van der Waals surface area contributed by atoms with E-state index in [1.807, 2.05) is 6.08 Å². The molecule has 0 atom stereocenters. The molecule has 0 saturated carbocycles. The molecule has 0 saturated heterocycles. The summed E-state index contributed by atoms with van der Waals surface area (Å²) in [5.74, 6) is 0. The minimum Gasteiger partial charge on any atom is -0.303 e. The van der Waals surface area contributed by atoms with Gasteiger partial charge < -0.3 is 4.79 Å². The van der Waals surface area contributed by atoms with Gasteiger partial charge in [0.15, 0.2) is 0 Å². The van der Waals surface area contributed by atoms with Crippen LogP contribution in [0.25, 0.3) is 0 Å². The second-order valence-electron chi connectivity index (χ2n) is 3.81. The van der Waals surface area contributed by atoms with Crippen molar-refractivity contribution in [3.63, 3.8) is 0 Å². The number of hydrogen-bond donors (Lipinski definition) is 0. The zero-order valence-corrected chi connectivity index (χ0v) is 8.73. The average molecular weight is 201 g/mol. The van der Waals surface area contributed by atoms with Crippen molar-refractivity contribution < 1.29 is 4.79 Å². The zero-order chi connectivity index (χ0) is 10.5. The summed E-state index contributed by atoms with van der Waals surface area (Å²) in [4.78, 5) is 12.5. The molecule has 15 heavy (non-hydrogen) atoms. The molecule has 0 spiro atoms. The highest BCUT2D eigenvalue weighted by Gasteiger charge is 2.16. The van der Waals surface area contributed by atoms with Crippen molar-refractivity contribution in [2.24, 2.45) is 0 Å². The number of rotatable bonds is 4. The Morgan fingerprint density at radius 1 is 1.13 bits per heavy atom. The zero-order valence-electron chi connectivity index (χ0n) is 8.73. The molecule has 78 valence electrons. The molecule has 1 aliphatic rings. The van der Waals surface area contributed by atoms with Crippen LogP contribution in [0.4, 0.5) is 0 Å². The van der Waals surface area contributed by atoms with E-state index in [0.29, 0.717) is 6.42 Å². The summed E-state index contributed by atoms with van der Waals surface area (Å²) >= 11 is 0. The molecule has 0 fully saturated rings. The van der Waals surface area contributed by atoms with E-state index in [4.69, 9.17) is 0 Å². The van der Waals surface area contributed by atoms with E-state index in [1.165, 1.54) is 11.1 Å². The summed E-state index contributed by atoms with van der Waals surface area (Å²) in [6.07, 6.45) is 5.45. The van der Waals surface area contributed by atoms with E-state index >= 15 is 0 Å². The topological polar surface area (TPSA) is 20.3 Å². The summed E-state index contributed by atoms with van der Waals surface area (Å²) in [6, 6.07) is 8.55. The van der Waals surface area contributed by atoms with Crippen LogP contribution in [0.5, 0.6) is 0 Å². The van der Waals surface area contributed by atoms with Gasteiger partial charge in [0.25, 0.3) is 0 Å². The fraction of sp³-hybridized carbons (Fsp3) is 0.308. The Labute approximate surface area is 90.2 Å². The van der Waals surface area contributed by atoms with E-state index in [2.05, 4.69) is 35.2 Å². The number of benzene rings is 1. The van der Waals surface area contributed by atoms with E-state index in [1.54, 1.807) is 0 Å². The summed E-state index contributed by atoms with van der Waals surface area (Å²) in [5.41, 5.74) is 2.86. The summed E-state index contributed by atoms with van der Waals surface area (Å²) < 4.78 is 0. The molecular formula is C13H15NO. The fourth-order valence-corrected chi connectivity index (χ4v) is 1.91. The maximum absolute atomic E-state index is 10.1. The number of allylic oxidation sites excluding steroid dienone is 1. The summed E-state index contributed by atoms with van der Waals surface area (Å²) in [6.45, 7) is 2.99. The first-order chi connectivity index (χ1) is 7.40. The highest BCUT2D eigenvalue weighted by Crippen LogP contribution is 2.21. The lowest BCUT2D eigenvalue weighted by Gasteiger charge is -2.10. The number of aldehydes is 1. The monoisotopic (exact) mass is 201 g/mol. The molecule has 0 aliphatic carbocycles. The largest absolute Gasteiger partial charge is 0.303 e. The van der Waals surface area contributed by atoms with E-state index in [9.17, 15) is 4.79 Å².